The van der Waals surface area contributed by atoms with E-state index in [0.29, 0.717) is 11.5 Å². The normalized spacial score (nSPS) is 17.9. The van der Waals surface area contributed by atoms with Crippen LogP contribution in [0.15, 0.2) is 10.7 Å². The van der Waals surface area contributed by atoms with Crippen molar-refractivity contribution in [3.8, 4) is 6.07 Å². The number of ether oxygens (including phenoxy) is 1. The molecule has 1 aromatic rings. The summed E-state index contributed by atoms with van der Waals surface area (Å²) in [6.45, 7) is 1.50. The quantitative estimate of drug-likeness (QED) is 0.733. The van der Waals surface area contributed by atoms with E-state index in [0.717, 1.165) is 31.6 Å². The van der Waals surface area contributed by atoms with Gasteiger partial charge in [-0.1, -0.05) is 0 Å². The predicted molar refractivity (Wildman–Crippen MR) is 50.6 cm³/mol. The summed E-state index contributed by atoms with van der Waals surface area (Å²) in [4.78, 5) is 0. The predicted octanol–water partition coefficient (Wildman–Crippen LogP) is 1.63. The first-order chi connectivity index (χ1) is 6.83. The Kier molecular flexibility index (Phi) is 2.42. The van der Waals surface area contributed by atoms with Crippen LogP contribution in [0.3, 0.4) is 0 Å². The van der Waals surface area contributed by atoms with Gasteiger partial charge in [0.05, 0.1) is 6.26 Å². The van der Waals surface area contributed by atoms with Crippen LogP contribution in [-0.4, -0.2) is 13.2 Å². The zero-order valence-corrected chi connectivity index (χ0v) is 7.82. The third-order valence-electron chi connectivity index (χ3n) is 2.62. The molecular formula is C10H12N2O2. The van der Waals surface area contributed by atoms with E-state index >= 15 is 0 Å². The van der Waals surface area contributed by atoms with Gasteiger partial charge in [-0.25, -0.2) is 0 Å². The van der Waals surface area contributed by atoms with Crippen LogP contribution in [0.4, 0.5) is 5.88 Å². The van der Waals surface area contributed by atoms with Crippen LogP contribution in [0.25, 0.3) is 0 Å². The zero-order chi connectivity index (χ0) is 9.97. The standard InChI is InChI=1S/C10H12N2O2/c11-5-8-9(6-14-10(8)12)7-1-3-13-4-2-7/h6-7H,1-4,12H2. The summed E-state index contributed by atoms with van der Waals surface area (Å²) in [5, 5.41) is 8.90. The van der Waals surface area contributed by atoms with E-state index in [2.05, 4.69) is 6.07 Å². The minimum absolute atomic E-state index is 0.231. The highest BCUT2D eigenvalue weighted by Gasteiger charge is 2.22. The van der Waals surface area contributed by atoms with Crippen LogP contribution in [0, 0.1) is 11.3 Å². The molecule has 0 aliphatic carbocycles. The molecule has 1 saturated heterocycles. The molecule has 14 heavy (non-hydrogen) atoms. The SMILES string of the molecule is N#Cc1c(C2CCOCC2)coc1N. The van der Waals surface area contributed by atoms with Crippen LogP contribution in [0.5, 0.6) is 0 Å². The maximum absolute atomic E-state index is 8.90. The molecule has 2 N–H and O–H groups in total. The summed E-state index contributed by atoms with van der Waals surface area (Å²) in [5.41, 5.74) is 6.97. The van der Waals surface area contributed by atoms with Crippen molar-refractivity contribution in [1.29, 1.82) is 5.26 Å². The average molecular weight is 192 g/mol. The molecule has 0 unspecified atom stereocenters. The molecule has 74 valence electrons. The van der Waals surface area contributed by atoms with Gasteiger partial charge in [0, 0.05) is 18.8 Å². The lowest BCUT2D eigenvalue weighted by Gasteiger charge is -2.20. The van der Waals surface area contributed by atoms with Crippen molar-refractivity contribution in [2.45, 2.75) is 18.8 Å². The molecule has 4 heteroatoms. The highest BCUT2D eigenvalue weighted by atomic mass is 16.5. The lowest BCUT2D eigenvalue weighted by atomic mass is 9.91. The minimum Gasteiger partial charge on any atom is -0.447 e. The lowest BCUT2D eigenvalue weighted by Crippen LogP contribution is -2.14. The van der Waals surface area contributed by atoms with Crippen LogP contribution in [-0.2, 0) is 4.74 Å². The van der Waals surface area contributed by atoms with Gasteiger partial charge in [-0.2, -0.15) is 5.26 Å². The van der Waals surface area contributed by atoms with Gasteiger partial charge in [0.1, 0.15) is 11.6 Å². The second-order valence-electron chi connectivity index (χ2n) is 3.43. The van der Waals surface area contributed by atoms with Gasteiger partial charge in [-0.3, -0.25) is 0 Å². The molecule has 0 amide bonds. The van der Waals surface area contributed by atoms with Crippen LogP contribution < -0.4 is 5.73 Å². The molecule has 0 spiro atoms. The molecule has 1 aromatic heterocycles. The number of nitrogens with two attached hydrogens (primary N) is 1. The Morgan fingerprint density at radius 2 is 2.14 bits per heavy atom. The van der Waals surface area contributed by atoms with Crippen molar-refractivity contribution >= 4 is 5.88 Å². The Morgan fingerprint density at radius 3 is 2.79 bits per heavy atom. The first-order valence-electron chi connectivity index (χ1n) is 4.67. The fourth-order valence-corrected chi connectivity index (χ4v) is 1.82. The highest BCUT2D eigenvalue weighted by molar-refractivity contribution is 5.52. The number of nitrogens with zero attached hydrogens (tertiary/aromatic N) is 1. The molecule has 0 radical (unpaired) electrons. The fourth-order valence-electron chi connectivity index (χ4n) is 1.82. The Labute approximate surface area is 82.3 Å². The third kappa shape index (κ3) is 1.47. The summed E-state index contributed by atoms with van der Waals surface area (Å²) in [5.74, 6) is 0.591. The number of furan rings is 1. The topological polar surface area (TPSA) is 72.2 Å². The average Bonchev–Trinajstić information content (AvgIpc) is 2.61. The zero-order valence-electron chi connectivity index (χ0n) is 7.82. The summed E-state index contributed by atoms with van der Waals surface area (Å²) in [6, 6.07) is 2.08. The van der Waals surface area contributed by atoms with Gasteiger partial charge < -0.3 is 14.9 Å². The summed E-state index contributed by atoms with van der Waals surface area (Å²) >= 11 is 0. The smallest absolute Gasteiger partial charge is 0.208 e. The van der Waals surface area contributed by atoms with E-state index in [1.807, 2.05) is 0 Å². The number of nitrogen functional groups attached to an aromatic ring is 1. The summed E-state index contributed by atoms with van der Waals surface area (Å²) < 4.78 is 10.3. The monoisotopic (exact) mass is 192 g/mol. The highest BCUT2D eigenvalue weighted by Crippen LogP contribution is 2.32. The minimum atomic E-state index is 0.231. The molecule has 0 saturated carbocycles. The Hall–Kier alpha value is -1.47. The van der Waals surface area contributed by atoms with Crippen molar-refractivity contribution < 1.29 is 9.15 Å². The van der Waals surface area contributed by atoms with E-state index in [4.69, 9.17) is 20.1 Å². The van der Waals surface area contributed by atoms with E-state index in [9.17, 15) is 0 Å². The van der Waals surface area contributed by atoms with Crippen molar-refractivity contribution in [3.63, 3.8) is 0 Å². The molecule has 2 heterocycles. The Balaban J connectivity index is 2.26. The maximum atomic E-state index is 8.90. The van der Waals surface area contributed by atoms with Gasteiger partial charge >= 0.3 is 0 Å². The molecule has 1 fully saturated rings. The molecule has 2 rings (SSSR count). The van der Waals surface area contributed by atoms with E-state index in [1.165, 1.54) is 0 Å². The van der Waals surface area contributed by atoms with Crippen LogP contribution >= 0.6 is 0 Å². The van der Waals surface area contributed by atoms with Crippen LogP contribution in [0.2, 0.25) is 0 Å². The number of anilines is 1. The van der Waals surface area contributed by atoms with E-state index in [-0.39, 0.29) is 5.88 Å². The molecule has 0 bridgehead atoms. The van der Waals surface area contributed by atoms with Gasteiger partial charge in [-0.05, 0) is 18.8 Å². The van der Waals surface area contributed by atoms with Crippen molar-refractivity contribution in [2.24, 2.45) is 0 Å². The third-order valence-corrected chi connectivity index (χ3v) is 2.62. The number of hydrogen-bond donors (Lipinski definition) is 1. The van der Waals surface area contributed by atoms with E-state index < -0.39 is 0 Å². The molecule has 4 nitrogen and oxygen atoms in total. The molecule has 1 aliphatic rings. The maximum Gasteiger partial charge on any atom is 0.208 e. The van der Waals surface area contributed by atoms with Gasteiger partial charge in [-0.15, -0.1) is 0 Å². The Bertz CT molecular complexity index is 359. The Morgan fingerprint density at radius 1 is 1.43 bits per heavy atom. The molecule has 1 aliphatic heterocycles. The first-order valence-corrected chi connectivity index (χ1v) is 4.67. The number of nitriles is 1. The number of hydrogen-bond acceptors (Lipinski definition) is 4. The second kappa shape index (κ2) is 3.72. The largest absolute Gasteiger partial charge is 0.447 e. The summed E-state index contributed by atoms with van der Waals surface area (Å²) in [6.07, 6.45) is 3.48. The lowest BCUT2D eigenvalue weighted by molar-refractivity contribution is 0.0852. The van der Waals surface area contributed by atoms with Crippen molar-refractivity contribution in [3.05, 3.63) is 17.4 Å². The van der Waals surface area contributed by atoms with E-state index in [1.54, 1.807) is 6.26 Å². The molecular weight excluding hydrogens is 180 g/mol. The van der Waals surface area contributed by atoms with Gasteiger partial charge in [0.15, 0.2) is 0 Å². The molecule has 0 aromatic carbocycles. The van der Waals surface area contributed by atoms with Crippen molar-refractivity contribution in [1.82, 2.24) is 0 Å². The van der Waals surface area contributed by atoms with Gasteiger partial charge in [0.2, 0.25) is 5.88 Å². The first kappa shape index (κ1) is 9.10. The number of rotatable bonds is 1. The summed E-state index contributed by atoms with van der Waals surface area (Å²) in [7, 11) is 0. The van der Waals surface area contributed by atoms with Crippen molar-refractivity contribution in [2.75, 3.05) is 18.9 Å². The van der Waals surface area contributed by atoms with Crippen LogP contribution in [0.1, 0.15) is 29.9 Å². The second-order valence-corrected chi connectivity index (χ2v) is 3.43. The van der Waals surface area contributed by atoms with Gasteiger partial charge in [0.25, 0.3) is 0 Å². The fraction of sp³-hybridized carbons (Fsp3) is 0.500. The molecule has 0 atom stereocenters.